The van der Waals surface area contributed by atoms with Crippen molar-refractivity contribution in [2.24, 2.45) is 0 Å². The number of methoxy groups -OCH3 is 2. The topological polar surface area (TPSA) is 212 Å². The van der Waals surface area contributed by atoms with Crippen LogP contribution in [0.4, 0.5) is 0 Å². The van der Waals surface area contributed by atoms with Crippen LogP contribution in [-0.2, 0) is 9.47 Å². The smallest absolute Gasteiger partial charge is 0.140 e. The largest absolute Gasteiger partial charge is 0.512 e. The molecule has 0 saturated carbocycles. The van der Waals surface area contributed by atoms with Gasteiger partial charge in [-0.1, -0.05) is 54.5 Å². The van der Waals surface area contributed by atoms with Gasteiger partial charge in [0.25, 0.3) is 0 Å². The Morgan fingerprint density at radius 2 is 0.842 bits per heavy atom. The zero-order valence-electron chi connectivity index (χ0n) is 25.9. The van der Waals surface area contributed by atoms with Crippen LogP contribution in [0.5, 0.6) is 0 Å². The van der Waals surface area contributed by atoms with Crippen molar-refractivity contribution in [3.63, 3.8) is 0 Å². The second-order valence-corrected chi connectivity index (χ2v) is 3.71. The van der Waals surface area contributed by atoms with E-state index in [-0.39, 0.29) is 26.1 Å². The maximum Gasteiger partial charge on any atom is 0.140 e. The quantitative estimate of drug-likeness (QED) is 0.106. The molecule has 0 aromatic heterocycles. The molecule has 0 aromatic rings. The first kappa shape index (κ1) is 91.1. The Balaban J connectivity index is -0.0000000139. The molecule has 0 radical (unpaired) electrons. The Morgan fingerprint density at radius 3 is 0.842 bits per heavy atom. The summed E-state index contributed by atoms with van der Waals surface area (Å²) >= 11 is 0. The highest BCUT2D eigenvalue weighted by molar-refractivity contribution is 4.51. The van der Waals surface area contributed by atoms with Crippen LogP contribution in [0.25, 0.3) is 0 Å². The van der Waals surface area contributed by atoms with Crippen LogP contribution in [0.2, 0.25) is 0 Å². The predicted octanol–water partition coefficient (Wildman–Crippen LogP) is 3.88. The third-order valence-electron chi connectivity index (χ3n) is 0.679. The molecule has 0 heterocycles. The first-order valence-corrected chi connectivity index (χ1v) is 11.0. The number of ether oxygens (including phenoxy) is 2. The summed E-state index contributed by atoms with van der Waals surface area (Å²) in [6.07, 6.45) is 13.0. The molecule has 0 aliphatic rings. The molecule has 10 N–H and O–H groups in total. The number of allylic oxidation sites excluding steroid dienone is 1. The average Bonchev–Trinajstić information content (AvgIpc) is 2.95. The van der Waals surface area contributed by atoms with Gasteiger partial charge in [0, 0.05) is 41.7 Å². The van der Waals surface area contributed by atoms with E-state index in [1.165, 1.54) is 6.42 Å². The zero-order chi connectivity index (χ0) is 32.5. The molecular formula is C27H72O11. The molecule has 11 heteroatoms. The van der Waals surface area contributed by atoms with Crippen molar-refractivity contribution in [2.75, 3.05) is 61.7 Å². The Hall–Kier alpha value is -1.98. The standard InChI is InChI=1S/2C3H8O.C3H8.C3H6.C2H6O2.C2H4O2.C2H6O.C2H6.C2H4.C2H2.CH4O2.CH4O.CH4.H2O/c1-3-4-2;1-2-3-4;2*1-3-2;2*3-1-2-4;1-3-2;3*1-2;2-1-3;1-2;;/h3H2,1-2H3;4H,2-3H2,1H3;3H2,1-2H3;3H,1H2,2H3;3-4H,1-2H2;1-4H;1-2H3;1-2H3;1-2H2;1-2H;2-3H,1H2;2H,1H3;1H4;1H2. The molecule has 11 nitrogen and oxygen atoms in total. The van der Waals surface area contributed by atoms with Crippen LogP contribution >= 0.6 is 0 Å². The predicted molar refractivity (Wildman–Crippen MR) is 169 cm³/mol. The fraction of sp³-hybridized carbons (Fsp3) is 0.704. The van der Waals surface area contributed by atoms with Gasteiger partial charge in [0.1, 0.15) is 19.3 Å². The summed E-state index contributed by atoms with van der Waals surface area (Å²) < 4.78 is 8.79. The van der Waals surface area contributed by atoms with Gasteiger partial charge in [0.2, 0.25) is 0 Å². The van der Waals surface area contributed by atoms with Crippen molar-refractivity contribution in [1.29, 1.82) is 0 Å². The molecule has 0 aromatic carbocycles. The number of aliphatic hydroxyl groups excluding tert-OH is 7. The van der Waals surface area contributed by atoms with Gasteiger partial charge in [-0.3, -0.25) is 0 Å². The van der Waals surface area contributed by atoms with Gasteiger partial charge in [0.05, 0.1) is 13.2 Å². The minimum Gasteiger partial charge on any atom is -0.512 e. The minimum absolute atomic E-state index is 0. The van der Waals surface area contributed by atoms with Crippen LogP contribution in [-0.4, -0.2) is 108 Å². The van der Waals surface area contributed by atoms with Crippen molar-refractivity contribution in [3.8, 4) is 12.8 Å². The maximum absolute atomic E-state index is 7.88. The molecule has 246 valence electrons. The van der Waals surface area contributed by atoms with Crippen molar-refractivity contribution >= 4 is 0 Å². The zero-order valence-corrected chi connectivity index (χ0v) is 25.9. The summed E-state index contributed by atoms with van der Waals surface area (Å²) in [5.74, 6) is 0. The third kappa shape index (κ3) is 9090. The molecule has 0 bridgehead atoms. The molecule has 0 atom stereocenters. The van der Waals surface area contributed by atoms with E-state index in [1.807, 2.05) is 34.6 Å². The molecule has 0 amide bonds. The van der Waals surface area contributed by atoms with Gasteiger partial charge >= 0.3 is 0 Å². The third-order valence-corrected chi connectivity index (χ3v) is 0.679. The summed E-state index contributed by atoms with van der Waals surface area (Å²) in [6, 6.07) is 0. The molecule has 0 spiro atoms. The SMILES string of the molecule is C.C#C.C=C.C=CC.CC.CCC.CCCO.CCOC.CO.COC.O.OC=CO.OCCO.OCO. The number of terminal acetylenes is 1. The molecule has 0 saturated heterocycles. The lowest BCUT2D eigenvalue weighted by Gasteiger charge is -1.76. The number of aliphatic hydroxyl groups is 8. The molecule has 0 aliphatic heterocycles. The summed E-state index contributed by atoms with van der Waals surface area (Å²) in [5, 5.41) is 59.3. The van der Waals surface area contributed by atoms with Crippen LogP contribution < -0.4 is 0 Å². The van der Waals surface area contributed by atoms with Crippen molar-refractivity contribution < 1.29 is 55.8 Å². The Kier molecular flexibility index (Phi) is 968. The van der Waals surface area contributed by atoms with E-state index in [4.69, 9.17) is 40.9 Å². The Morgan fingerprint density at radius 1 is 0.737 bits per heavy atom. The van der Waals surface area contributed by atoms with E-state index in [9.17, 15) is 0 Å². The van der Waals surface area contributed by atoms with E-state index < -0.39 is 6.79 Å². The molecule has 0 fully saturated rings. The van der Waals surface area contributed by atoms with Gasteiger partial charge in [0.15, 0.2) is 0 Å². The highest BCUT2D eigenvalue weighted by atomic mass is 16.5. The van der Waals surface area contributed by atoms with E-state index in [2.05, 4.69) is 55.9 Å². The first-order chi connectivity index (χ1) is 17.3. The summed E-state index contributed by atoms with van der Waals surface area (Å²) in [5.41, 5.74) is 0. The maximum atomic E-state index is 7.88. The van der Waals surface area contributed by atoms with Crippen LogP contribution in [0.3, 0.4) is 0 Å². The number of hydrogen-bond acceptors (Lipinski definition) is 10. The second kappa shape index (κ2) is 404. The molecule has 0 unspecified atom stereocenters. The Labute approximate surface area is 237 Å². The monoisotopic (exact) mass is 573 g/mol. The van der Waals surface area contributed by atoms with E-state index in [0.717, 1.165) is 20.1 Å². The normalized spacial score (nSPS) is 5.55. The second-order valence-electron chi connectivity index (χ2n) is 3.71. The van der Waals surface area contributed by atoms with Gasteiger partial charge in [-0.15, -0.1) is 32.6 Å². The highest BCUT2D eigenvalue weighted by Gasteiger charge is 1.58. The van der Waals surface area contributed by atoms with Crippen LogP contribution in [0.15, 0.2) is 38.3 Å². The van der Waals surface area contributed by atoms with Crippen LogP contribution in [0, 0.1) is 12.8 Å². The number of rotatable bonds is 3. The molecular weight excluding hydrogens is 500 g/mol. The lowest BCUT2D eigenvalue weighted by atomic mass is 10.5. The summed E-state index contributed by atoms with van der Waals surface area (Å²) in [7, 11) is 5.93. The summed E-state index contributed by atoms with van der Waals surface area (Å²) in [6.45, 7) is 23.5. The lowest BCUT2D eigenvalue weighted by Crippen LogP contribution is -1.85. The lowest BCUT2D eigenvalue weighted by molar-refractivity contribution is 0.0773. The fourth-order valence-electron chi connectivity index (χ4n) is 0. The molecule has 38 heavy (non-hydrogen) atoms. The average molecular weight is 573 g/mol. The molecule has 0 aliphatic carbocycles. The Bertz CT molecular complexity index is 182. The number of hydrogen-bond donors (Lipinski definition) is 8. The minimum atomic E-state index is -0.750. The summed E-state index contributed by atoms with van der Waals surface area (Å²) in [4.78, 5) is 0. The highest BCUT2D eigenvalue weighted by Crippen LogP contribution is 1.61. The fourth-order valence-corrected chi connectivity index (χ4v) is 0. The van der Waals surface area contributed by atoms with Gasteiger partial charge < -0.3 is 55.8 Å². The van der Waals surface area contributed by atoms with Gasteiger partial charge in [-0.2, -0.15) is 0 Å². The van der Waals surface area contributed by atoms with Gasteiger partial charge in [-0.05, 0) is 20.3 Å². The van der Waals surface area contributed by atoms with Gasteiger partial charge in [-0.25, -0.2) is 0 Å². The van der Waals surface area contributed by atoms with Crippen molar-refractivity contribution in [3.05, 3.63) is 38.3 Å². The van der Waals surface area contributed by atoms with Crippen molar-refractivity contribution in [2.45, 2.75) is 68.7 Å². The van der Waals surface area contributed by atoms with Crippen LogP contribution in [0.1, 0.15) is 68.7 Å². The van der Waals surface area contributed by atoms with E-state index in [1.54, 1.807) is 27.4 Å². The molecule has 0 rings (SSSR count). The van der Waals surface area contributed by atoms with E-state index in [0.29, 0.717) is 19.1 Å². The first-order valence-electron chi connectivity index (χ1n) is 11.0. The van der Waals surface area contributed by atoms with E-state index >= 15 is 0 Å². The van der Waals surface area contributed by atoms with Crippen molar-refractivity contribution in [1.82, 2.24) is 0 Å².